The van der Waals surface area contributed by atoms with Gasteiger partial charge in [0.15, 0.2) is 0 Å². The number of hydrogen-bond acceptors (Lipinski definition) is 7. The van der Waals surface area contributed by atoms with Crippen molar-refractivity contribution in [2.75, 3.05) is 10.6 Å². The maximum absolute atomic E-state index is 11.7. The Morgan fingerprint density at radius 1 is 0.968 bits per heavy atom. The molecule has 0 aliphatic rings. The minimum Gasteiger partial charge on any atom is -0.436 e. The van der Waals surface area contributed by atoms with Gasteiger partial charge in [-0.1, -0.05) is 0 Å². The average molecular weight is 412 g/mol. The molecular formula is C23H20N6O2. The highest BCUT2D eigenvalue weighted by atomic mass is 16.5. The van der Waals surface area contributed by atoms with Crippen molar-refractivity contribution in [3.05, 3.63) is 64.3 Å². The number of aromatic nitrogens is 2. The van der Waals surface area contributed by atoms with Crippen LogP contribution < -0.4 is 15.4 Å². The molecule has 2 aromatic carbocycles. The van der Waals surface area contributed by atoms with Crippen LogP contribution in [0.3, 0.4) is 0 Å². The van der Waals surface area contributed by atoms with Gasteiger partial charge in [-0.3, -0.25) is 4.79 Å². The fraction of sp³-hybridized carbons (Fsp3) is 0.174. The number of rotatable bonds is 5. The van der Waals surface area contributed by atoms with E-state index in [1.807, 2.05) is 13.8 Å². The summed E-state index contributed by atoms with van der Waals surface area (Å²) in [6.45, 7) is 6.81. The van der Waals surface area contributed by atoms with Crippen LogP contribution in [0.2, 0.25) is 0 Å². The number of hydrogen-bond donors (Lipinski definition) is 2. The summed E-state index contributed by atoms with van der Waals surface area (Å²) in [6.07, 6.45) is 0. The lowest BCUT2D eigenvalue weighted by Crippen LogP contribution is -2.12. The van der Waals surface area contributed by atoms with E-state index in [0.717, 1.165) is 11.1 Å². The van der Waals surface area contributed by atoms with Crippen molar-refractivity contribution < 1.29 is 9.53 Å². The van der Waals surface area contributed by atoms with E-state index in [4.69, 9.17) is 10.00 Å². The molecule has 0 saturated carbocycles. The van der Waals surface area contributed by atoms with Gasteiger partial charge in [0.2, 0.25) is 17.7 Å². The van der Waals surface area contributed by atoms with Crippen molar-refractivity contribution in [1.29, 1.82) is 10.5 Å². The second kappa shape index (κ2) is 8.93. The summed E-state index contributed by atoms with van der Waals surface area (Å²) < 4.78 is 6.11. The second-order valence-corrected chi connectivity index (χ2v) is 6.96. The number of carbonyl (C=O) groups excluding carboxylic acids is 1. The molecule has 1 aromatic heterocycles. The largest absolute Gasteiger partial charge is 0.436 e. The standard InChI is InChI=1S/C23H20N6O2/c1-13-9-18(12-25)10-14(2)21(13)31-22-20(27-16(4)30)15(3)26-23(29-22)28-19-7-5-17(11-24)6-8-19/h5-10H,1-4H3,(H,27,30)(H,26,28,29). The van der Waals surface area contributed by atoms with Crippen LogP contribution in [0.4, 0.5) is 17.3 Å². The first-order valence-corrected chi connectivity index (χ1v) is 9.43. The molecule has 0 saturated heterocycles. The van der Waals surface area contributed by atoms with E-state index in [1.54, 1.807) is 43.3 Å². The lowest BCUT2D eigenvalue weighted by molar-refractivity contribution is -0.114. The van der Waals surface area contributed by atoms with Gasteiger partial charge in [0.05, 0.1) is 29.0 Å². The van der Waals surface area contributed by atoms with Crippen LogP contribution in [-0.4, -0.2) is 15.9 Å². The second-order valence-electron chi connectivity index (χ2n) is 6.96. The number of nitrogens with one attached hydrogen (secondary N) is 2. The summed E-state index contributed by atoms with van der Waals surface area (Å²) in [6, 6.07) is 14.5. The Kier molecular flexibility index (Phi) is 6.13. The Hall–Kier alpha value is -4.43. The van der Waals surface area contributed by atoms with Crippen LogP contribution in [-0.2, 0) is 4.79 Å². The average Bonchev–Trinajstić information content (AvgIpc) is 2.73. The van der Waals surface area contributed by atoms with Gasteiger partial charge in [0.25, 0.3) is 0 Å². The zero-order valence-electron chi connectivity index (χ0n) is 17.6. The Bertz CT molecular complexity index is 1210. The van der Waals surface area contributed by atoms with Crippen LogP contribution in [0.5, 0.6) is 11.6 Å². The molecule has 0 atom stereocenters. The highest BCUT2D eigenvalue weighted by Crippen LogP contribution is 2.35. The first kappa shape index (κ1) is 21.3. The molecule has 0 bridgehead atoms. The van der Waals surface area contributed by atoms with Crippen LogP contribution in [0.1, 0.15) is 34.9 Å². The maximum Gasteiger partial charge on any atom is 0.248 e. The number of nitriles is 2. The van der Waals surface area contributed by atoms with Crippen LogP contribution >= 0.6 is 0 Å². The van der Waals surface area contributed by atoms with Crippen molar-refractivity contribution in [1.82, 2.24) is 9.97 Å². The summed E-state index contributed by atoms with van der Waals surface area (Å²) in [7, 11) is 0. The van der Waals surface area contributed by atoms with Crippen molar-refractivity contribution in [3.8, 4) is 23.8 Å². The van der Waals surface area contributed by atoms with Gasteiger partial charge >= 0.3 is 0 Å². The van der Waals surface area contributed by atoms with Gasteiger partial charge in [-0.2, -0.15) is 15.5 Å². The molecule has 3 rings (SSSR count). The van der Waals surface area contributed by atoms with Crippen LogP contribution in [0.25, 0.3) is 0 Å². The third-order valence-electron chi connectivity index (χ3n) is 4.42. The van der Waals surface area contributed by atoms with Gasteiger partial charge < -0.3 is 15.4 Å². The Morgan fingerprint density at radius 2 is 1.58 bits per heavy atom. The minimum atomic E-state index is -0.280. The van der Waals surface area contributed by atoms with E-state index in [2.05, 4.69) is 32.7 Å². The first-order valence-electron chi connectivity index (χ1n) is 9.43. The van der Waals surface area contributed by atoms with Crippen molar-refractivity contribution >= 4 is 23.2 Å². The van der Waals surface area contributed by atoms with E-state index in [1.165, 1.54) is 6.92 Å². The molecule has 0 fully saturated rings. The summed E-state index contributed by atoms with van der Waals surface area (Å²) in [4.78, 5) is 20.6. The third-order valence-corrected chi connectivity index (χ3v) is 4.42. The fourth-order valence-corrected chi connectivity index (χ4v) is 3.03. The number of ether oxygens (including phenoxy) is 1. The summed E-state index contributed by atoms with van der Waals surface area (Å²) in [5.41, 5.74) is 4.18. The highest BCUT2D eigenvalue weighted by molar-refractivity contribution is 5.91. The normalized spacial score (nSPS) is 10.0. The quantitative estimate of drug-likeness (QED) is 0.625. The number of carbonyl (C=O) groups is 1. The molecule has 0 unspecified atom stereocenters. The van der Waals surface area contributed by atoms with E-state index < -0.39 is 0 Å². The molecule has 154 valence electrons. The maximum atomic E-state index is 11.7. The van der Waals surface area contributed by atoms with Gasteiger partial charge in [0.1, 0.15) is 11.4 Å². The van der Waals surface area contributed by atoms with E-state index >= 15 is 0 Å². The lowest BCUT2D eigenvalue weighted by atomic mass is 10.1. The zero-order valence-corrected chi connectivity index (χ0v) is 17.6. The van der Waals surface area contributed by atoms with Crippen molar-refractivity contribution in [2.24, 2.45) is 0 Å². The lowest BCUT2D eigenvalue weighted by Gasteiger charge is -2.17. The summed E-state index contributed by atoms with van der Waals surface area (Å²) in [5, 5.41) is 23.9. The molecule has 31 heavy (non-hydrogen) atoms. The van der Waals surface area contributed by atoms with Crippen molar-refractivity contribution in [3.63, 3.8) is 0 Å². The minimum absolute atomic E-state index is 0.176. The van der Waals surface area contributed by atoms with E-state index in [-0.39, 0.29) is 17.7 Å². The Morgan fingerprint density at radius 3 is 2.13 bits per heavy atom. The number of aryl methyl sites for hydroxylation is 3. The van der Waals surface area contributed by atoms with Gasteiger partial charge in [-0.15, -0.1) is 0 Å². The summed E-state index contributed by atoms with van der Waals surface area (Å²) >= 11 is 0. The third kappa shape index (κ3) is 4.95. The smallest absolute Gasteiger partial charge is 0.248 e. The van der Waals surface area contributed by atoms with E-state index in [9.17, 15) is 10.1 Å². The molecule has 0 aliphatic heterocycles. The number of benzene rings is 2. The van der Waals surface area contributed by atoms with Gasteiger partial charge in [0, 0.05) is 12.6 Å². The zero-order chi connectivity index (χ0) is 22.5. The summed E-state index contributed by atoms with van der Waals surface area (Å²) in [5.74, 6) is 0.718. The van der Waals surface area contributed by atoms with Crippen LogP contribution in [0.15, 0.2) is 36.4 Å². The monoisotopic (exact) mass is 412 g/mol. The van der Waals surface area contributed by atoms with Crippen molar-refractivity contribution in [2.45, 2.75) is 27.7 Å². The molecule has 8 heteroatoms. The number of anilines is 3. The predicted molar refractivity (Wildman–Crippen MR) is 116 cm³/mol. The molecule has 3 aromatic rings. The molecule has 1 amide bonds. The Labute approximate surface area is 180 Å². The number of nitrogens with zero attached hydrogens (tertiary/aromatic N) is 4. The molecule has 2 N–H and O–H groups in total. The fourth-order valence-electron chi connectivity index (χ4n) is 3.03. The Balaban J connectivity index is 2.03. The molecule has 0 spiro atoms. The molecular weight excluding hydrogens is 392 g/mol. The number of amides is 1. The highest BCUT2D eigenvalue weighted by Gasteiger charge is 2.18. The van der Waals surface area contributed by atoms with E-state index in [0.29, 0.717) is 33.9 Å². The molecule has 8 nitrogen and oxygen atoms in total. The first-order chi connectivity index (χ1) is 14.8. The van der Waals surface area contributed by atoms with Gasteiger partial charge in [-0.25, -0.2) is 4.98 Å². The predicted octanol–water partition coefficient (Wildman–Crippen LogP) is 4.64. The SMILES string of the molecule is CC(=O)Nc1c(C)nc(Nc2ccc(C#N)cc2)nc1Oc1c(C)cc(C#N)cc1C. The molecule has 0 aliphatic carbocycles. The van der Waals surface area contributed by atoms with Crippen LogP contribution in [0, 0.1) is 43.4 Å². The topological polar surface area (TPSA) is 124 Å². The molecule has 0 radical (unpaired) electrons. The van der Waals surface area contributed by atoms with Gasteiger partial charge in [-0.05, 0) is 68.3 Å². The molecule has 1 heterocycles.